The Morgan fingerprint density at radius 2 is 1.92 bits per heavy atom. The van der Waals surface area contributed by atoms with Crippen molar-refractivity contribution in [2.45, 2.75) is 43.8 Å². The summed E-state index contributed by atoms with van der Waals surface area (Å²) in [5.74, 6) is 0.609. The number of carbonyl (C=O) groups is 2. The summed E-state index contributed by atoms with van der Waals surface area (Å²) in [5, 5.41) is 3.30. The van der Waals surface area contributed by atoms with Crippen molar-refractivity contribution in [1.82, 2.24) is 20.1 Å². The minimum Gasteiger partial charge on any atom is -0.384 e. The molecule has 3 N–H and O–H groups in total. The third-order valence-corrected chi connectivity index (χ3v) is 5.42. The number of amides is 2. The van der Waals surface area contributed by atoms with Crippen LogP contribution >= 0.6 is 0 Å². The van der Waals surface area contributed by atoms with Crippen LogP contribution in [0.3, 0.4) is 0 Å². The summed E-state index contributed by atoms with van der Waals surface area (Å²) in [4.78, 5) is 33.4. The Morgan fingerprint density at radius 3 is 2.50 bits per heavy atom. The molecule has 0 aliphatic carbocycles. The first-order valence-corrected chi connectivity index (χ1v) is 8.70. The zero-order valence-electron chi connectivity index (χ0n) is 13.6. The third-order valence-electron chi connectivity index (χ3n) is 5.42. The summed E-state index contributed by atoms with van der Waals surface area (Å²) < 4.78 is 0. The average molecular weight is 329 g/mol. The van der Waals surface area contributed by atoms with Crippen LogP contribution in [0.5, 0.6) is 0 Å². The SMILES string of the molecule is Nc1ccc(C(=O)N2CC3CCC(C2)N3C(=O)C2CCCN2)cn1. The van der Waals surface area contributed by atoms with Crippen molar-refractivity contribution in [3.8, 4) is 0 Å². The first-order chi connectivity index (χ1) is 11.6. The lowest BCUT2D eigenvalue weighted by Crippen LogP contribution is -2.60. The molecule has 0 aromatic carbocycles. The number of nitrogens with one attached hydrogen (secondary N) is 1. The van der Waals surface area contributed by atoms with Gasteiger partial charge in [-0.1, -0.05) is 0 Å². The molecule has 3 saturated heterocycles. The van der Waals surface area contributed by atoms with Gasteiger partial charge in [-0.05, 0) is 44.4 Å². The monoisotopic (exact) mass is 329 g/mol. The fourth-order valence-corrected chi connectivity index (χ4v) is 4.22. The standard InChI is InChI=1S/C17H23N5O2/c18-15-6-3-11(8-20-15)16(23)21-9-12-4-5-13(10-21)22(12)17(24)14-2-1-7-19-14/h3,6,8,12-14,19H,1-2,4-5,7,9-10H2,(H2,18,20). The Morgan fingerprint density at radius 1 is 1.17 bits per heavy atom. The van der Waals surface area contributed by atoms with Gasteiger partial charge in [0.1, 0.15) is 5.82 Å². The minimum atomic E-state index is -0.0309. The van der Waals surface area contributed by atoms with Gasteiger partial charge in [0.25, 0.3) is 5.91 Å². The molecular formula is C17H23N5O2. The molecular weight excluding hydrogens is 306 g/mol. The van der Waals surface area contributed by atoms with E-state index in [0.29, 0.717) is 24.5 Å². The molecule has 2 bridgehead atoms. The van der Waals surface area contributed by atoms with Gasteiger partial charge in [-0.15, -0.1) is 0 Å². The van der Waals surface area contributed by atoms with Gasteiger partial charge in [0.05, 0.1) is 11.6 Å². The van der Waals surface area contributed by atoms with Crippen LogP contribution in [0, 0.1) is 0 Å². The van der Waals surface area contributed by atoms with E-state index < -0.39 is 0 Å². The predicted molar refractivity (Wildman–Crippen MR) is 89.2 cm³/mol. The Labute approximate surface area is 141 Å². The molecule has 4 heterocycles. The van der Waals surface area contributed by atoms with Crippen LogP contribution < -0.4 is 11.1 Å². The third kappa shape index (κ3) is 2.62. The number of anilines is 1. The number of carbonyl (C=O) groups excluding carboxylic acids is 2. The maximum absolute atomic E-state index is 12.8. The van der Waals surface area contributed by atoms with Crippen LogP contribution in [0.4, 0.5) is 5.82 Å². The van der Waals surface area contributed by atoms with Crippen molar-refractivity contribution in [2.24, 2.45) is 0 Å². The lowest BCUT2D eigenvalue weighted by molar-refractivity contribution is -0.138. The highest BCUT2D eigenvalue weighted by Crippen LogP contribution is 2.32. The fraction of sp³-hybridized carbons (Fsp3) is 0.588. The zero-order valence-corrected chi connectivity index (χ0v) is 13.6. The van der Waals surface area contributed by atoms with Crippen molar-refractivity contribution in [3.05, 3.63) is 23.9 Å². The number of hydrogen-bond donors (Lipinski definition) is 2. The number of nitrogens with two attached hydrogens (primary N) is 1. The molecule has 24 heavy (non-hydrogen) atoms. The van der Waals surface area contributed by atoms with Crippen molar-refractivity contribution in [2.75, 3.05) is 25.4 Å². The van der Waals surface area contributed by atoms with E-state index in [1.165, 1.54) is 6.20 Å². The Bertz CT molecular complexity index is 627. The van der Waals surface area contributed by atoms with E-state index in [4.69, 9.17) is 5.73 Å². The number of nitrogens with zero attached hydrogens (tertiary/aromatic N) is 3. The molecule has 4 rings (SSSR count). The van der Waals surface area contributed by atoms with Gasteiger partial charge in [-0.3, -0.25) is 9.59 Å². The van der Waals surface area contributed by atoms with Crippen LogP contribution in [-0.2, 0) is 4.79 Å². The predicted octanol–water partition coefficient (Wildman–Crippen LogP) is 0.231. The van der Waals surface area contributed by atoms with Gasteiger partial charge in [-0.2, -0.15) is 0 Å². The van der Waals surface area contributed by atoms with Crippen LogP contribution in [0.15, 0.2) is 18.3 Å². The highest BCUT2D eigenvalue weighted by Gasteiger charge is 2.45. The topological polar surface area (TPSA) is 91.6 Å². The summed E-state index contributed by atoms with van der Waals surface area (Å²) in [6, 6.07) is 3.62. The molecule has 3 aliphatic rings. The summed E-state index contributed by atoms with van der Waals surface area (Å²) in [5.41, 5.74) is 6.14. The number of piperazine rings is 1. The van der Waals surface area contributed by atoms with Gasteiger partial charge < -0.3 is 20.9 Å². The van der Waals surface area contributed by atoms with E-state index in [1.54, 1.807) is 12.1 Å². The lowest BCUT2D eigenvalue weighted by atomic mass is 10.1. The minimum absolute atomic E-state index is 0.0227. The molecule has 7 nitrogen and oxygen atoms in total. The Kier molecular flexibility index (Phi) is 3.88. The number of hydrogen-bond acceptors (Lipinski definition) is 5. The second-order valence-corrected chi connectivity index (χ2v) is 6.96. The summed E-state index contributed by atoms with van der Waals surface area (Å²) in [7, 11) is 0. The number of nitrogen functional groups attached to an aromatic ring is 1. The van der Waals surface area contributed by atoms with E-state index in [0.717, 1.165) is 32.2 Å². The largest absolute Gasteiger partial charge is 0.384 e. The number of fused-ring (bicyclic) bond motifs is 2. The molecule has 3 fully saturated rings. The molecule has 1 aromatic heterocycles. The fourth-order valence-electron chi connectivity index (χ4n) is 4.22. The van der Waals surface area contributed by atoms with Crippen molar-refractivity contribution < 1.29 is 9.59 Å². The van der Waals surface area contributed by atoms with E-state index >= 15 is 0 Å². The van der Waals surface area contributed by atoms with Gasteiger partial charge in [0, 0.05) is 31.4 Å². The van der Waals surface area contributed by atoms with E-state index in [1.807, 2.05) is 9.80 Å². The molecule has 7 heteroatoms. The van der Waals surface area contributed by atoms with Gasteiger partial charge in [-0.25, -0.2) is 4.98 Å². The highest BCUT2D eigenvalue weighted by molar-refractivity contribution is 5.94. The molecule has 0 saturated carbocycles. The maximum Gasteiger partial charge on any atom is 0.255 e. The molecule has 0 spiro atoms. The molecule has 3 unspecified atom stereocenters. The van der Waals surface area contributed by atoms with E-state index in [9.17, 15) is 9.59 Å². The average Bonchev–Trinajstić information content (AvgIpc) is 3.21. The van der Waals surface area contributed by atoms with Crippen LogP contribution in [0.1, 0.15) is 36.0 Å². The maximum atomic E-state index is 12.8. The number of aromatic nitrogens is 1. The number of likely N-dealkylation sites (tertiary alicyclic amines) is 1. The van der Waals surface area contributed by atoms with Crippen molar-refractivity contribution >= 4 is 17.6 Å². The zero-order chi connectivity index (χ0) is 16.7. The van der Waals surface area contributed by atoms with Crippen molar-refractivity contribution in [3.63, 3.8) is 0 Å². The van der Waals surface area contributed by atoms with Crippen molar-refractivity contribution in [1.29, 1.82) is 0 Å². The second kappa shape index (κ2) is 6.05. The highest BCUT2D eigenvalue weighted by atomic mass is 16.2. The van der Waals surface area contributed by atoms with E-state index in [2.05, 4.69) is 10.3 Å². The molecule has 1 aromatic rings. The molecule has 3 atom stereocenters. The smallest absolute Gasteiger partial charge is 0.255 e. The van der Waals surface area contributed by atoms with Gasteiger partial charge >= 0.3 is 0 Å². The number of rotatable bonds is 2. The number of pyridine rings is 1. The second-order valence-electron chi connectivity index (χ2n) is 6.96. The molecule has 128 valence electrons. The first kappa shape index (κ1) is 15.4. The molecule has 3 aliphatic heterocycles. The quantitative estimate of drug-likeness (QED) is 0.810. The van der Waals surface area contributed by atoms with Crippen LogP contribution in [-0.4, -0.2) is 64.4 Å². The van der Waals surface area contributed by atoms with Gasteiger partial charge in [0.2, 0.25) is 5.91 Å². The van der Waals surface area contributed by atoms with Crippen LogP contribution in [0.2, 0.25) is 0 Å². The molecule has 0 radical (unpaired) electrons. The molecule has 2 amide bonds. The lowest BCUT2D eigenvalue weighted by Gasteiger charge is -2.42. The summed E-state index contributed by atoms with van der Waals surface area (Å²) in [6.07, 6.45) is 5.47. The van der Waals surface area contributed by atoms with Gasteiger partial charge in [0.15, 0.2) is 0 Å². The first-order valence-electron chi connectivity index (χ1n) is 8.70. The summed E-state index contributed by atoms with van der Waals surface area (Å²) in [6.45, 7) is 2.14. The summed E-state index contributed by atoms with van der Waals surface area (Å²) >= 11 is 0. The van der Waals surface area contributed by atoms with E-state index in [-0.39, 0.29) is 29.9 Å². The Balaban J connectivity index is 1.46. The Hall–Kier alpha value is -2.15. The normalized spacial score (nSPS) is 29.1. The van der Waals surface area contributed by atoms with Crippen LogP contribution in [0.25, 0.3) is 0 Å².